The molecular formula is C18H14FN5O3S. The molecule has 1 amide bonds. The lowest BCUT2D eigenvalue weighted by molar-refractivity contribution is -0.115. The second-order valence-electron chi connectivity index (χ2n) is 6.09. The van der Waals surface area contributed by atoms with E-state index in [4.69, 9.17) is 0 Å². The second kappa shape index (κ2) is 6.89. The van der Waals surface area contributed by atoms with Crippen LogP contribution in [-0.4, -0.2) is 24.5 Å². The van der Waals surface area contributed by atoms with Crippen molar-refractivity contribution >= 4 is 38.9 Å². The van der Waals surface area contributed by atoms with Crippen molar-refractivity contribution in [3.8, 4) is 0 Å². The summed E-state index contributed by atoms with van der Waals surface area (Å²) in [6.45, 7) is 0. The van der Waals surface area contributed by atoms with Crippen molar-refractivity contribution < 1.29 is 17.6 Å². The minimum atomic E-state index is -3.88. The minimum Gasteiger partial charge on any atom is -0.339 e. The highest BCUT2D eigenvalue weighted by atomic mass is 32.2. The van der Waals surface area contributed by atoms with E-state index >= 15 is 0 Å². The average Bonchev–Trinajstić information content (AvgIpc) is 3.04. The first-order valence-corrected chi connectivity index (χ1v) is 9.69. The molecule has 1 aliphatic rings. The summed E-state index contributed by atoms with van der Waals surface area (Å²) >= 11 is 0. The van der Waals surface area contributed by atoms with Gasteiger partial charge < -0.3 is 10.6 Å². The summed E-state index contributed by atoms with van der Waals surface area (Å²) in [5.41, 5.74) is 1.85. The molecule has 0 saturated carbocycles. The van der Waals surface area contributed by atoms with Gasteiger partial charge in [-0.25, -0.2) is 12.8 Å². The molecule has 1 aliphatic heterocycles. The Balaban J connectivity index is 1.48. The molecule has 0 radical (unpaired) electrons. The fourth-order valence-electron chi connectivity index (χ4n) is 2.70. The Kier molecular flexibility index (Phi) is 4.40. The molecule has 142 valence electrons. The van der Waals surface area contributed by atoms with Gasteiger partial charge in [-0.15, -0.1) is 10.2 Å². The van der Waals surface area contributed by atoms with Crippen molar-refractivity contribution in [3.63, 3.8) is 0 Å². The van der Waals surface area contributed by atoms with Gasteiger partial charge in [-0.1, -0.05) is 0 Å². The van der Waals surface area contributed by atoms with Crippen molar-refractivity contribution in [1.82, 2.24) is 10.2 Å². The summed E-state index contributed by atoms with van der Waals surface area (Å²) in [6.07, 6.45) is 0.141. The molecule has 0 aliphatic carbocycles. The zero-order valence-electron chi connectivity index (χ0n) is 14.3. The van der Waals surface area contributed by atoms with Crippen molar-refractivity contribution in [1.29, 1.82) is 0 Å². The Morgan fingerprint density at radius 1 is 0.964 bits per heavy atom. The van der Waals surface area contributed by atoms with Gasteiger partial charge in [0.25, 0.3) is 10.0 Å². The third-order valence-electron chi connectivity index (χ3n) is 4.03. The van der Waals surface area contributed by atoms with Gasteiger partial charge in [-0.05, 0) is 60.2 Å². The first kappa shape index (κ1) is 17.9. The van der Waals surface area contributed by atoms with Crippen LogP contribution in [0.4, 0.5) is 27.4 Å². The van der Waals surface area contributed by atoms with Gasteiger partial charge >= 0.3 is 0 Å². The molecule has 0 unspecified atom stereocenters. The smallest absolute Gasteiger partial charge is 0.263 e. The molecule has 3 N–H and O–H groups in total. The van der Waals surface area contributed by atoms with Gasteiger partial charge in [0.1, 0.15) is 5.82 Å². The third kappa shape index (κ3) is 3.76. The van der Waals surface area contributed by atoms with E-state index < -0.39 is 10.0 Å². The molecule has 0 fully saturated rings. The highest BCUT2D eigenvalue weighted by Crippen LogP contribution is 2.26. The van der Waals surface area contributed by atoms with E-state index in [1.165, 1.54) is 30.3 Å². The standard InChI is InChI=1S/C18H14FN5O3S/c19-12-1-3-13(4-2-12)20-16-7-8-17(23-22-16)24-28(26,27)14-5-6-15-11(9-14)10-18(25)21-15/h1-9H,10H2,(H,20,22)(H,21,25)(H,23,24). The molecule has 0 atom stereocenters. The molecule has 2 heterocycles. The predicted molar refractivity (Wildman–Crippen MR) is 101 cm³/mol. The van der Waals surface area contributed by atoms with Crippen LogP contribution in [0.3, 0.4) is 0 Å². The second-order valence-corrected chi connectivity index (χ2v) is 7.77. The lowest BCUT2D eigenvalue weighted by atomic mass is 10.2. The number of carbonyl (C=O) groups is 1. The first-order valence-electron chi connectivity index (χ1n) is 8.21. The number of fused-ring (bicyclic) bond motifs is 1. The molecule has 1 aromatic heterocycles. The van der Waals surface area contributed by atoms with Crippen molar-refractivity contribution in [2.24, 2.45) is 0 Å². The van der Waals surface area contributed by atoms with E-state index in [0.29, 0.717) is 22.8 Å². The number of hydrogen-bond donors (Lipinski definition) is 3. The van der Waals surface area contributed by atoms with Gasteiger partial charge in [0.05, 0.1) is 11.3 Å². The Morgan fingerprint density at radius 3 is 2.39 bits per heavy atom. The minimum absolute atomic E-state index is 0.0260. The first-order chi connectivity index (χ1) is 13.4. The molecule has 0 bridgehead atoms. The van der Waals surface area contributed by atoms with Gasteiger partial charge in [0.2, 0.25) is 5.91 Å². The summed E-state index contributed by atoms with van der Waals surface area (Å²) in [6, 6.07) is 13.1. The summed E-state index contributed by atoms with van der Waals surface area (Å²) in [5.74, 6) is -0.114. The molecule has 2 aromatic carbocycles. The average molecular weight is 399 g/mol. The van der Waals surface area contributed by atoms with Crippen LogP contribution in [0.5, 0.6) is 0 Å². The van der Waals surface area contributed by atoms with Gasteiger partial charge in [-0.3, -0.25) is 9.52 Å². The van der Waals surface area contributed by atoms with Crippen LogP contribution in [0.2, 0.25) is 0 Å². The molecule has 4 rings (SSSR count). The number of rotatable bonds is 5. The van der Waals surface area contributed by atoms with Crippen molar-refractivity contribution in [2.45, 2.75) is 11.3 Å². The van der Waals surface area contributed by atoms with E-state index in [1.54, 1.807) is 24.3 Å². The Labute approximate surface area is 159 Å². The number of benzene rings is 2. The highest BCUT2D eigenvalue weighted by molar-refractivity contribution is 7.92. The number of anilines is 4. The number of carbonyl (C=O) groups excluding carboxylic acids is 1. The summed E-state index contributed by atoms with van der Waals surface area (Å²) < 4.78 is 40.4. The monoisotopic (exact) mass is 399 g/mol. The van der Waals surface area contributed by atoms with Crippen LogP contribution in [-0.2, 0) is 21.2 Å². The van der Waals surface area contributed by atoms with Crippen LogP contribution in [0.15, 0.2) is 59.5 Å². The Morgan fingerprint density at radius 2 is 1.68 bits per heavy atom. The maximum atomic E-state index is 12.9. The molecule has 3 aromatic rings. The summed E-state index contributed by atoms with van der Waals surface area (Å²) in [4.78, 5) is 11.4. The normalized spacial score (nSPS) is 13.0. The number of nitrogens with one attached hydrogen (secondary N) is 3. The van der Waals surface area contributed by atoms with Gasteiger partial charge in [0.15, 0.2) is 11.6 Å². The van der Waals surface area contributed by atoms with E-state index in [2.05, 4.69) is 25.6 Å². The largest absolute Gasteiger partial charge is 0.339 e. The summed E-state index contributed by atoms with van der Waals surface area (Å²) in [5, 5.41) is 13.3. The van der Waals surface area contributed by atoms with Crippen molar-refractivity contribution in [2.75, 3.05) is 15.4 Å². The molecule has 10 heteroatoms. The number of hydrogen-bond acceptors (Lipinski definition) is 6. The van der Waals surface area contributed by atoms with Crippen LogP contribution in [0.1, 0.15) is 5.56 Å². The molecule has 28 heavy (non-hydrogen) atoms. The fourth-order valence-corrected chi connectivity index (χ4v) is 3.75. The topological polar surface area (TPSA) is 113 Å². The molecule has 0 spiro atoms. The van der Waals surface area contributed by atoms with Crippen LogP contribution in [0.25, 0.3) is 0 Å². The number of amides is 1. The van der Waals surface area contributed by atoms with E-state index in [0.717, 1.165) is 0 Å². The predicted octanol–water partition coefficient (Wildman–Crippen LogP) is 2.65. The van der Waals surface area contributed by atoms with Crippen LogP contribution < -0.4 is 15.4 Å². The highest BCUT2D eigenvalue weighted by Gasteiger charge is 2.22. The zero-order valence-corrected chi connectivity index (χ0v) is 15.1. The number of aromatic nitrogens is 2. The summed E-state index contributed by atoms with van der Waals surface area (Å²) in [7, 11) is -3.88. The molecule has 8 nitrogen and oxygen atoms in total. The van der Waals surface area contributed by atoms with Gasteiger partial charge in [-0.2, -0.15) is 0 Å². The lowest BCUT2D eigenvalue weighted by Crippen LogP contribution is -2.14. The lowest BCUT2D eigenvalue weighted by Gasteiger charge is -2.09. The maximum Gasteiger partial charge on any atom is 0.263 e. The maximum absolute atomic E-state index is 12.9. The molecule has 0 saturated heterocycles. The Bertz CT molecular complexity index is 1150. The van der Waals surface area contributed by atoms with E-state index in [1.807, 2.05) is 0 Å². The third-order valence-corrected chi connectivity index (χ3v) is 5.38. The van der Waals surface area contributed by atoms with Crippen LogP contribution >= 0.6 is 0 Å². The number of sulfonamides is 1. The van der Waals surface area contributed by atoms with Gasteiger partial charge in [0, 0.05) is 11.4 Å². The number of nitrogens with zero attached hydrogens (tertiary/aromatic N) is 2. The fraction of sp³-hybridized carbons (Fsp3) is 0.0556. The van der Waals surface area contributed by atoms with Crippen LogP contribution in [0, 0.1) is 5.82 Å². The number of halogens is 1. The zero-order chi connectivity index (χ0) is 19.7. The van der Waals surface area contributed by atoms with E-state index in [-0.39, 0.29) is 28.9 Å². The SMILES string of the molecule is O=C1Cc2cc(S(=O)(=O)Nc3ccc(Nc4ccc(F)cc4)nn3)ccc2N1. The molecular weight excluding hydrogens is 385 g/mol. The van der Waals surface area contributed by atoms with E-state index in [9.17, 15) is 17.6 Å². The quantitative estimate of drug-likeness (QED) is 0.608. The Hall–Kier alpha value is -3.53. The van der Waals surface area contributed by atoms with Crippen molar-refractivity contribution in [3.05, 3.63) is 66.0 Å².